The van der Waals surface area contributed by atoms with Crippen molar-refractivity contribution in [1.82, 2.24) is 15.8 Å². The summed E-state index contributed by atoms with van der Waals surface area (Å²) in [6.45, 7) is 4.91. The number of nitrogens with one attached hydrogen (secondary N) is 2. The molecule has 0 aromatic carbocycles. The monoisotopic (exact) mass is 181 g/mol. The lowest BCUT2D eigenvalue weighted by atomic mass is 10.2. The summed E-state index contributed by atoms with van der Waals surface area (Å²) in [5.74, 6) is 0.876. The summed E-state index contributed by atoms with van der Waals surface area (Å²) in [7, 11) is 0. The third-order valence-electron chi connectivity index (χ3n) is 2.31. The minimum absolute atomic E-state index is 0.594. The fourth-order valence-electron chi connectivity index (χ4n) is 1.58. The van der Waals surface area contributed by atoms with E-state index in [-0.39, 0.29) is 0 Å². The molecule has 1 fully saturated rings. The SMILES string of the molecule is Cc1cc(CNC2CCNC2)no1. The van der Waals surface area contributed by atoms with Crippen molar-refractivity contribution < 1.29 is 4.52 Å². The van der Waals surface area contributed by atoms with Crippen LogP contribution in [0.3, 0.4) is 0 Å². The Morgan fingerprint density at radius 1 is 1.77 bits per heavy atom. The largest absolute Gasteiger partial charge is 0.361 e. The van der Waals surface area contributed by atoms with E-state index in [0.29, 0.717) is 6.04 Å². The topological polar surface area (TPSA) is 50.1 Å². The number of nitrogens with zero attached hydrogens (tertiary/aromatic N) is 1. The Bertz CT molecular complexity index is 266. The first-order valence-corrected chi connectivity index (χ1v) is 4.71. The molecule has 0 bridgehead atoms. The highest BCUT2D eigenvalue weighted by atomic mass is 16.5. The van der Waals surface area contributed by atoms with E-state index in [4.69, 9.17) is 4.52 Å². The van der Waals surface area contributed by atoms with Crippen LogP contribution in [-0.2, 0) is 6.54 Å². The van der Waals surface area contributed by atoms with E-state index in [9.17, 15) is 0 Å². The number of rotatable bonds is 3. The minimum Gasteiger partial charge on any atom is -0.361 e. The second-order valence-corrected chi connectivity index (χ2v) is 3.50. The van der Waals surface area contributed by atoms with E-state index in [2.05, 4.69) is 15.8 Å². The Labute approximate surface area is 77.7 Å². The fourth-order valence-corrected chi connectivity index (χ4v) is 1.58. The molecule has 0 amide bonds. The van der Waals surface area contributed by atoms with Crippen LogP contribution in [0, 0.1) is 6.92 Å². The van der Waals surface area contributed by atoms with Gasteiger partial charge in [-0.05, 0) is 19.9 Å². The molecule has 2 N–H and O–H groups in total. The molecule has 0 saturated carbocycles. The maximum atomic E-state index is 4.97. The molecule has 0 radical (unpaired) electrons. The Kier molecular flexibility index (Phi) is 2.61. The lowest BCUT2D eigenvalue weighted by molar-refractivity contribution is 0.386. The van der Waals surface area contributed by atoms with E-state index in [1.807, 2.05) is 13.0 Å². The molecule has 1 aromatic rings. The molecule has 4 nitrogen and oxygen atoms in total. The maximum Gasteiger partial charge on any atom is 0.133 e. The quantitative estimate of drug-likeness (QED) is 0.710. The van der Waals surface area contributed by atoms with Gasteiger partial charge < -0.3 is 15.2 Å². The van der Waals surface area contributed by atoms with Crippen molar-refractivity contribution in [1.29, 1.82) is 0 Å². The summed E-state index contributed by atoms with van der Waals surface area (Å²) in [5.41, 5.74) is 0.990. The van der Waals surface area contributed by atoms with Crippen LogP contribution in [-0.4, -0.2) is 24.3 Å². The van der Waals surface area contributed by atoms with E-state index in [0.717, 1.165) is 31.1 Å². The molecular weight excluding hydrogens is 166 g/mol. The van der Waals surface area contributed by atoms with E-state index in [1.165, 1.54) is 6.42 Å². The zero-order chi connectivity index (χ0) is 9.10. The van der Waals surface area contributed by atoms with Crippen molar-refractivity contribution in [2.75, 3.05) is 13.1 Å². The summed E-state index contributed by atoms with van der Waals surface area (Å²) < 4.78 is 4.97. The van der Waals surface area contributed by atoms with Crippen LogP contribution in [0.1, 0.15) is 17.9 Å². The lowest BCUT2D eigenvalue weighted by Crippen LogP contribution is -2.30. The fraction of sp³-hybridized carbons (Fsp3) is 0.667. The number of aryl methyl sites for hydroxylation is 1. The van der Waals surface area contributed by atoms with Crippen LogP contribution in [0.15, 0.2) is 10.6 Å². The average molecular weight is 181 g/mol. The zero-order valence-corrected chi connectivity index (χ0v) is 7.84. The van der Waals surface area contributed by atoms with Gasteiger partial charge in [0.1, 0.15) is 5.76 Å². The Morgan fingerprint density at radius 3 is 3.31 bits per heavy atom. The van der Waals surface area contributed by atoms with Crippen molar-refractivity contribution in [2.24, 2.45) is 0 Å². The third-order valence-corrected chi connectivity index (χ3v) is 2.31. The predicted octanol–water partition coefficient (Wildman–Crippen LogP) is 0.435. The van der Waals surface area contributed by atoms with Gasteiger partial charge in [0.15, 0.2) is 0 Å². The lowest BCUT2D eigenvalue weighted by Gasteiger charge is -2.08. The molecular formula is C9H15N3O. The van der Waals surface area contributed by atoms with Gasteiger partial charge in [0.2, 0.25) is 0 Å². The third kappa shape index (κ3) is 2.29. The van der Waals surface area contributed by atoms with Crippen LogP contribution in [0.4, 0.5) is 0 Å². The van der Waals surface area contributed by atoms with E-state index >= 15 is 0 Å². The van der Waals surface area contributed by atoms with Gasteiger partial charge in [0.05, 0.1) is 5.69 Å². The molecule has 0 aliphatic carbocycles. The molecule has 1 saturated heterocycles. The number of hydrogen-bond acceptors (Lipinski definition) is 4. The predicted molar refractivity (Wildman–Crippen MR) is 49.4 cm³/mol. The smallest absolute Gasteiger partial charge is 0.133 e. The van der Waals surface area contributed by atoms with Crippen molar-refractivity contribution >= 4 is 0 Å². The van der Waals surface area contributed by atoms with Gasteiger partial charge in [-0.3, -0.25) is 0 Å². The van der Waals surface area contributed by atoms with Crippen molar-refractivity contribution in [2.45, 2.75) is 25.9 Å². The minimum atomic E-state index is 0.594. The average Bonchev–Trinajstić information content (AvgIpc) is 2.71. The highest BCUT2D eigenvalue weighted by Crippen LogP contribution is 2.03. The summed E-state index contributed by atoms with van der Waals surface area (Å²) in [6, 6.07) is 2.56. The highest BCUT2D eigenvalue weighted by Gasteiger charge is 2.13. The standard InChI is InChI=1S/C9H15N3O/c1-7-4-9(12-13-7)6-11-8-2-3-10-5-8/h4,8,10-11H,2-3,5-6H2,1H3. The Morgan fingerprint density at radius 2 is 2.69 bits per heavy atom. The molecule has 1 atom stereocenters. The molecule has 4 heteroatoms. The normalized spacial score (nSPS) is 22.4. The van der Waals surface area contributed by atoms with Gasteiger partial charge in [0, 0.05) is 25.2 Å². The summed E-state index contributed by atoms with van der Waals surface area (Å²) >= 11 is 0. The van der Waals surface area contributed by atoms with Crippen LogP contribution < -0.4 is 10.6 Å². The van der Waals surface area contributed by atoms with E-state index < -0.39 is 0 Å². The van der Waals surface area contributed by atoms with Crippen LogP contribution in [0.2, 0.25) is 0 Å². The van der Waals surface area contributed by atoms with Gasteiger partial charge in [0.25, 0.3) is 0 Å². The first kappa shape index (κ1) is 8.72. The zero-order valence-electron chi connectivity index (χ0n) is 7.84. The molecule has 1 aromatic heterocycles. The number of hydrogen-bond donors (Lipinski definition) is 2. The first-order chi connectivity index (χ1) is 6.34. The Hall–Kier alpha value is -0.870. The molecule has 1 aliphatic heterocycles. The summed E-state index contributed by atoms with van der Waals surface area (Å²) in [4.78, 5) is 0. The Balaban J connectivity index is 1.78. The van der Waals surface area contributed by atoms with Crippen LogP contribution >= 0.6 is 0 Å². The molecule has 2 heterocycles. The highest BCUT2D eigenvalue weighted by molar-refractivity contribution is 5.03. The first-order valence-electron chi connectivity index (χ1n) is 4.71. The van der Waals surface area contributed by atoms with E-state index in [1.54, 1.807) is 0 Å². The molecule has 1 aliphatic rings. The molecule has 72 valence electrons. The van der Waals surface area contributed by atoms with Gasteiger partial charge in [-0.15, -0.1) is 0 Å². The van der Waals surface area contributed by atoms with Gasteiger partial charge in [-0.2, -0.15) is 0 Å². The van der Waals surface area contributed by atoms with Gasteiger partial charge in [-0.25, -0.2) is 0 Å². The van der Waals surface area contributed by atoms with Crippen LogP contribution in [0.5, 0.6) is 0 Å². The van der Waals surface area contributed by atoms with Gasteiger partial charge >= 0.3 is 0 Å². The molecule has 13 heavy (non-hydrogen) atoms. The maximum absolute atomic E-state index is 4.97. The van der Waals surface area contributed by atoms with Gasteiger partial charge in [-0.1, -0.05) is 5.16 Å². The van der Waals surface area contributed by atoms with Crippen LogP contribution in [0.25, 0.3) is 0 Å². The van der Waals surface area contributed by atoms with Crippen molar-refractivity contribution in [3.8, 4) is 0 Å². The molecule has 1 unspecified atom stereocenters. The summed E-state index contributed by atoms with van der Waals surface area (Å²) in [6.07, 6.45) is 1.21. The number of aromatic nitrogens is 1. The second-order valence-electron chi connectivity index (χ2n) is 3.50. The molecule has 2 rings (SSSR count). The van der Waals surface area contributed by atoms with Crippen molar-refractivity contribution in [3.63, 3.8) is 0 Å². The second kappa shape index (κ2) is 3.89. The summed E-state index contributed by atoms with van der Waals surface area (Å²) in [5, 5.41) is 10.7. The molecule has 0 spiro atoms. The van der Waals surface area contributed by atoms with Crippen molar-refractivity contribution in [3.05, 3.63) is 17.5 Å².